The van der Waals surface area contributed by atoms with Crippen molar-refractivity contribution < 1.29 is 4.39 Å². The predicted octanol–water partition coefficient (Wildman–Crippen LogP) is 5.79. The average molecular weight is 368 g/mol. The van der Waals surface area contributed by atoms with Gasteiger partial charge in [-0.05, 0) is 40.6 Å². The maximum Gasteiger partial charge on any atom is 0.136 e. The molecule has 0 spiro atoms. The lowest BCUT2D eigenvalue weighted by atomic mass is 9.76. The van der Waals surface area contributed by atoms with Crippen molar-refractivity contribution in [2.75, 3.05) is 19.0 Å². The van der Waals surface area contributed by atoms with Gasteiger partial charge in [0.05, 0.1) is 5.69 Å². The van der Waals surface area contributed by atoms with Crippen LogP contribution < -0.4 is 4.90 Å². The van der Waals surface area contributed by atoms with Crippen LogP contribution in [0, 0.1) is 5.82 Å². The molecule has 28 heavy (non-hydrogen) atoms. The zero-order chi connectivity index (χ0) is 19.3. The van der Waals surface area contributed by atoms with E-state index in [1.165, 1.54) is 28.1 Å². The highest BCUT2D eigenvalue weighted by molar-refractivity contribution is 5.99. The molecule has 0 amide bonds. The van der Waals surface area contributed by atoms with Gasteiger partial charge in [-0.1, -0.05) is 60.7 Å². The molecule has 2 nitrogen and oxygen atoms in total. The number of benzene rings is 3. The molecule has 0 bridgehead atoms. The van der Waals surface area contributed by atoms with Crippen LogP contribution in [0.4, 0.5) is 10.2 Å². The number of pyridine rings is 1. The molecule has 1 atom stereocenters. The standard InChI is InChI=1S/C25H21FN2/c1-28(2)25-21-13-6-5-12-20(21)23-22(16-9-7-10-18(26)14-16)15-17-8-3-4-11-19(17)24(23)27-25/h3-14,22H,15H2,1-2H3. The first-order valence-corrected chi connectivity index (χ1v) is 9.57. The largest absolute Gasteiger partial charge is 0.362 e. The highest BCUT2D eigenvalue weighted by atomic mass is 19.1. The van der Waals surface area contributed by atoms with Gasteiger partial charge >= 0.3 is 0 Å². The first-order valence-electron chi connectivity index (χ1n) is 9.57. The summed E-state index contributed by atoms with van der Waals surface area (Å²) in [6.07, 6.45) is 0.847. The van der Waals surface area contributed by atoms with E-state index in [1.54, 1.807) is 12.1 Å². The second-order valence-corrected chi connectivity index (χ2v) is 7.61. The third-order valence-electron chi connectivity index (χ3n) is 5.65. The third kappa shape index (κ3) is 2.58. The Morgan fingerprint density at radius 1 is 0.893 bits per heavy atom. The number of rotatable bonds is 2. The molecule has 1 heterocycles. The molecule has 0 fully saturated rings. The zero-order valence-corrected chi connectivity index (χ0v) is 16.0. The van der Waals surface area contributed by atoms with Crippen LogP contribution >= 0.6 is 0 Å². The molecule has 3 aromatic carbocycles. The minimum Gasteiger partial charge on any atom is -0.362 e. The van der Waals surface area contributed by atoms with Crippen LogP contribution in [0.15, 0.2) is 72.8 Å². The summed E-state index contributed by atoms with van der Waals surface area (Å²) in [5.41, 5.74) is 5.65. The van der Waals surface area contributed by atoms with Crippen molar-refractivity contribution in [1.82, 2.24) is 4.98 Å². The van der Waals surface area contributed by atoms with E-state index in [4.69, 9.17) is 4.98 Å². The van der Waals surface area contributed by atoms with Crippen LogP contribution in [-0.4, -0.2) is 19.1 Å². The van der Waals surface area contributed by atoms with E-state index in [9.17, 15) is 4.39 Å². The predicted molar refractivity (Wildman–Crippen MR) is 113 cm³/mol. The quantitative estimate of drug-likeness (QED) is 0.445. The first kappa shape index (κ1) is 16.9. The highest BCUT2D eigenvalue weighted by Gasteiger charge is 2.30. The maximum absolute atomic E-state index is 14.1. The summed E-state index contributed by atoms with van der Waals surface area (Å²) in [4.78, 5) is 7.18. The van der Waals surface area contributed by atoms with Gasteiger partial charge in [-0.2, -0.15) is 0 Å². The highest BCUT2D eigenvalue weighted by Crippen LogP contribution is 2.46. The fourth-order valence-corrected chi connectivity index (χ4v) is 4.42. The molecular weight excluding hydrogens is 347 g/mol. The first-order chi connectivity index (χ1) is 13.6. The number of halogens is 1. The molecule has 3 heteroatoms. The van der Waals surface area contributed by atoms with Crippen LogP contribution in [0.5, 0.6) is 0 Å². The molecular formula is C25H21FN2. The van der Waals surface area contributed by atoms with Crippen molar-refractivity contribution in [2.24, 2.45) is 0 Å². The molecule has 0 aliphatic heterocycles. The molecule has 1 aromatic heterocycles. The monoisotopic (exact) mass is 368 g/mol. The van der Waals surface area contributed by atoms with Crippen molar-refractivity contribution >= 4 is 16.6 Å². The van der Waals surface area contributed by atoms with Crippen LogP contribution in [0.25, 0.3) is 22.0 Å². The van der Waals surface area contributed by atoms with E-state index in [0.29, 0.717) is 0 Å². The maximum atomic E-state index is 14.1. The topological polar surface area (TPSA) is 16.1 Å². The van der Waals surface area contributed by atoms with Crippen molar-refractivity contribution in [3.63, 3.8) is 0 Å². The summed E-state index contributed by atoms with van der Waals surface area (Å²) < 4.78 is 14.1. The Balaban J connectivity index is 1.89. The molecule has 0 N–H and O–H groups in total. The third-order valence-corrected chi connectivity index (χ3v) is 5.65. The molecule has 0 saturated carbocycles. The Labute approximate surface area is 164 Å². The summed E-state index contributed by atoms with van der Waals surface area (Å²) in [6.45, 7) is 0. The Kier molecular flexibility index (Phi) is 3.90. The van der Waals surface area contributed by atoms with Gasteiger partial charge < -0.3 is 4.90 Å². The van der Waals surface area contributed by atoms with Crippen LogP contribution in [-0.2, 0) is 6.42 Å². The van der Waals surface area contributed by atoms with Gasteiger partial charge in [0.25, 0.3) is 0 Å². The minimum absolute atomic E-state index is 0.0780. The average Bonchev–Trinajstić information content (AvgIpc) is 2.72. The molecule has 4 aromatic rings. The number of aromatic nitrogens is 1. The summed E-state index contributed by atoms with van der Waals surface area (Å²) in [5.74, 6) is 0.846. The molecule has 5 rings (SSSR count). The van der Waals surface area contributed by atoms with E-state index in [2.05, 4.69) is 53.4 Å². The van der Waals surface area contributed by atoms with E-state index in [-0.39, 0.29) is 11.7 Å². The van der Waals surface area contributed by atoms with Gasteiger partial charge in [0.15, 0.2) is 0 Å². The van der Waals surface area contributed by atoms with E-state index in [0.717, 1.165) is 28.9 Å². The number of fused-ring (bicyclic) bond motifs is 5. The second kappa shape index (κ2) is 6.45. The Hall–Kier alpha value is -3.20. The molecule has 0 radical (unpaired) electrons. The fourth-order valence-electron chi connectivity index (χ4n) is 4.42. The molecule has 138 valence electrons. The van der Waals surface area contributed by atoms with Gasteiger partial charge in [0.2, 0.25) is 0 Å². The van der Waals surface area contributed by atoms with Gasteiger partial charge in [0, 0.05) is 31.0 Å². The molecule has 1 unspecified atom stereocenters. The number of nitrogens with zero attached hydrogens (tertiary/aromatic N) is 2. The normalized spacial score (nSPS) is 15.2. The lowest BCUT2D eigenvalue weighted by Crippen LogP contribution is -2.18. The summed E-state index contributed by atoms with van der Waals surface area (Å²) in [5, 5.41) is 2.33. The van der Waals surface area contributed by atoms with Crippen molar-refractivity contribution in [1.29, 1.82) is 0 Å². The lowest BCUT2D eigenvalue weighted by Gasteiger charge is -2.30. The van der Waals surface area contributed by atoms with Crippen LogP contribution in [0.3, 0.4) is 0 Å². The van der Waals surface area contributed by atoms with Gasteiger partial charge in [-0.25, -0.2) is 9.37 Å². The van der Waals surface area contributed by atoms with Crippen LogP contribution in [0.2, 0.25) is 0 Å². The minimum atomic E-state index is -0.194. The molecule has 1 aliphatic rings. The van der Waals surface area contributed by atoms with E-state index < -0.39 is 0 Å². The van der Waals surface area contributed by atoms with Gasteiger partial charge in [0.1, 0.15) is 11.6 Å². The number of hydrogen-bond acceptors (Lipinski definition) is 2. The second-order valence-electron chi connectivity index (χ2n) is 7.61. The molecule has 0 saturated heterocycles. The summed E-state index contributed by atoms with van der Waals surface area (Å²) >= 11 is 0. The molecule has 1 aliphatic carbocycles. The zero-order valence-electron chi connectivity index (χ0n) is 16.0. The Morgan fingerprint density at radius 2 is 1.64 bits per heavy atom. The Bertz CT molecular complexity index is 1200. The smallest absolute Gasteiger partial charge is 0.136 e. The SMILES string of the molecule is CN(C)c1nc2c(c3ccccc13)C(c1cccc(F)c1)Cc1ccccc1-2. The lowest BCUT2D eigenvalue weighted by molar-refractivity contribution is 0.622. The summed E-state index contributed by atoms with van der Waals surface area (Å²) in [7, 11) is 4.06. The van der Waals surface area contributed by atoms with Crippen molar-refractivity contribution in [3.05, 3.63) is 95.3 Å². The van der Waals surface area contributed by atoms with E-state index in [1.807, 2.05) is 20.2 Å². The van der Waals surface area contributed by atoms with Crippen molar-refractivity contribution in [3.8, 4) is 11.3 Å². The fraction of sp³-hybridized carbons (Fsp3) is 0.160. The Morgan fingerprint density at radius 3 is 2.43 bits per heavy atom. The van der Waals surface area contributed by atoms with Crippen LogP contribution in [0.1, 0.15) is 22.6 Å². The van der Waals surface area contributed by atoms with Gasteiger partial charge in [-0.3, -0.25) is 0 Å². The van der Waals surface area contributed by atoms with Crippen molar-refractivity contribution in [2.45, 2.75) is 12.3 Å². The van der Waals surface area contributed by atoms with E-state index >= 15 is 0 Å². The number of anilines is 1. The number of hydrogen-bond donors (Lipinski definition) is 0. The van der Waals surface area contributed by atoms with Gasteiger partial charge in [-0.15, -0.1) is 0 Å². The summed E-state index contributed by atoms with van der Waals surface area (Å²) in [6, 6.07) is 23.9.